The molecule has 2 aliphatic carbocycles. The summed E-state index contributed by atoms with van der Waals surface area (Å²) in [6.45, 7) is 5.22. The van der Waals surface area contributed by atoms with Crippen molar-refractivity contribution in [3.8, 4) is 0 Å². The van der Waals surface area contributed by atoms with Gasteiger partial charge in [-0.2, -0.15) is 0 Å². The fraction of sp³-hybridized carbons (Fsp3) is 0.800. The smallest absolute Gasteiger partial charge is 0.308 e. The Morgan fingerprint density at radius 2 is 1.76 bits per heavy atom. The van der Waals surface area contributed by atoms with Crippen LogP contribution >= 0.6 is 0 Å². The number of amides is 2. The second-order valence-electron chi connectivity index (χ2n) is 7.22. The van der Waals surface area contributed by atoms with E-state index in [0.717, 1.165) is 19.3 Å². The minimum atomic E-state index is -0.828. The number of hydrogen-bond donors (Lipinski definition) is 3. The van der Waals surface area contributed by atoms with Gasteiger partial charge in [0, 0.05) is 11.5 Å². The zero-order chi connectivity index (χ0) is 15.8. The van der Waals surface area contributed by atoms with Gasteiger partial charge in [0.1, 0.15) is 0 Å². The molecule has 2 rings (SSSR count). The first kappa shape index (κ1) is 15.8. The Labute approximate surface area is 124 Å². The highest BCUT2D eigenvalue weighted by molar-refractivity contribution is 5.87. The van der Waals surface area contributed by atoms with Crippen LogP contribution in [-0.2, 0) is 14.4 Å². The fourth-order valence-corrected chi connectivity index (χ4v) is 3.52. The summed E-state index contributed by atoms with van der Waals surface area (Å²) in [5, 5.41) is 14.7. The van der Waals surface area contributed by atoms with Gasteiger partial charge in [-0.1, -0.05) is 20.8 Å². The predicted octanol–water partition coefficient (Wildman–Crippen LogP) is 0.764. The molecule has 2 fully saturated rings. The molecule has 0 aromatic rings. The Hall–Kier alpha value is -1.59. The van der Waals surface area contributed by atoms with E-state index in [9.17, 15) is 19.5 Å². The van der Waals surface area contributed by atoms with Crippen molar-refractivity contribution >= 4 is 17.8 Å². The zero-order valence-electron chi connectivity index (χ0n) is 12.8. The van der Waals surface area contributed by atoms with Gasteiger partial charge in [-0.25, -0.2) is 0 Å². The first-order chi connectivity index (χ1) is 9.70. The molecule has 118 valence electrons. The molecule has 0 aromatic carbocycles. The first-order valence-electron chi connectivity index (χ1n) is 7.50. The molecule has 0 heterocycles. The van der Waals surface area contributed by atoms with Crippen LogP contribution in [-0.4, -0.2) is 35.5 Å². The van der Waals surface area contributed by atoms with Gasteiger partial charge < -0.3 is 15.7 Å². The topological polar surface area (TPSA) is 95.5 Å². The average molecular weight is 296 g/mol. The van der Waals surface area contributed by atoms with Crippen molar-refractivity contribution in [2.24, 2.45) is 23.2 Å². The number of aliphatic carboxylic acids is 1. The Bertz CT molecular complexity index is 455. The molecule has 0 aromatic heterocycles. The number of rotatable bonds is 4. The maximum Gasteiger partial charge on any atom is 0.308 e. The van der Waals surface area contributed by atoms with Crippen LogP contribution in [0.4, 0.5) is 0 Å². The van der Waals surface area contributed by atoms with Crippen molar-refractivity contribution in [3.63, 3.8) is 0 Å². The largest absolute Gasteiger partial charge is 0.481 e. The van der Waals surface area contributed by atoms with E-state index < -0.39 is 17.3 Å². The summed E-state index contributed by atoms with van der Waals surface area (Å²) in [6, 6.07) is -0.291. The van der Waals surface area contributed by atoms with Gasteiger partial charge in [-0.15, -0.1) is 0 Å². The Balaban J connectivity index is 1.88. The third-order valence-corrected chi connectivity index (χ3v) is 4.62. The van der Waals surface area contributed by atoms with Crippen LogP contribution in [0, 0.1) is 23.2 Å². The molecule has 2 saturated carbocycles. The fourth-order valence-electron chi connectivity index (χ4n) is 3.52. The van der Waals surface area contributed by atoms with Crippen molar-refractivity contribution in [1.82, 2.24) is 10.6 Å². The van der Waals surface area contributed by atoms with Gasteiger partial charge >= 0.3 is 5.97 Å². The lowest BCUT2D eigenvalue weighted by Gasteiger charge is -2.29. The van der Waals surface area contributed by atoms with Crippen molar-refractivity contribution in [1.29, 1.82) is 0 Å². The van der Waals surface area contributed by atoms with Crippen LogP contribution in [0.3, 0.4) is 0 Å². The number of carbonyl (C=O) groups excluding carboxylic acids is 2. The number of hydrogen-bond acceptors (Lipinski definition) is 3. The van der Waals surface area contributed by atoms with Crippen molar-refractivity contribution < 1.29 is 19.5 Å². The lowest BCUT2D eigenvalue weighted by Crippen LogP contribution is -2.50. The summed E-state index contributed by atoms with van der Waals surface area (Å²) in [5.74, 6) is -1.37. The molecule has 4 unspecified atom stereocenters. The monoisotopic (exact) mass is 296 g/mol. The quantitative estimate of drug-likeness (QED) is 0.714. The summed E-state index contributed by atoms with van der Waals surface area (Å²) in [7, 11) is 0. The summed E-state index contributed by atoms with van der Waals surface area (Å²) >= 11 is 0. The average Bonchev–Trinajstić information content (AvgIpc) is 2.95. The second-order valence-corrected chi connectivity index (χ2v) is 7.22. The Morgan fingerprint density at radius 3 is 2.33 bits per heavy atom. The van der Waals surface area contributed by atoms with E-state index in [1.807, 2.05) is 0 Å². The molecule has 6 nitrogen and oxygen atoms in total. The van der Waals surface area contributed by atoms with Gasteiger partial charge in [0.15, 0.2) is 0 Å². The number of nitrogens with one attached hydrogen (secondary N) is 2. The van der Waals surface area contributed by atoms with Gasteiger partial charge in [0.25, 0.3) is 0 Å². The third-order valence-electron chi connectivity index (χ3n) is 4.62. The van der Waals surface area contributed by atoms with E-state index in [1.54, 1.807) is 20.8 Å². The summed E-state index contributed by atoms with van der Waals surface area (Å²) in [5.41, 5.74) is -0.545. The van der Waals surface area contributed by atoms with Crippen LogP contribution in [0.15, 0.2) is 0 Å². The van der Waals surface area contributed by atoms with Crippen LogP contribution in [0.1, 0.15) is 40.0 Å². The first-order valence-corrected chi connectivity index (χ1v) is 7.50. The van der Waals surface area contributed by atoms with Crippen molar-refractivity contribution in [3.05, 3.63) is 0 Å². The molecule has 3 N–H and O–H groups in total. The molecule has 0 spiro atoms. The molecule has 2 bridgehead atoms. The SMILES string of the molecule is CC(C)(C)C(=O)NCC(=O)NC1C2CCC(C2)C1C(=O)O. The van der Waals surface area contributed by atoms with E-state index >= 15 is 0 Å². The zero-order valence-corrected chi connectivity index (χ0v) is 12.8. The van der Waals surface area contributed by atoms with Gasteiger partial charge in [0.2, 0.25) is 11.8 Å². The summed E-state index contributed by atoms with van der Waals surface area (Å²) < 4.78 is 0. The highest BCUT2D eigenvalue weighted by Gasteiger charge is 2.51. The van der Waals surface area contributed by atoms with Crippen molar-refractivity contribution in [2.45, 2.75) is 46.1 Å². The maximum absolute atomic E-state index is 12.0. The minimum absolute atomic E-state index is 0.101. The van der Waals surface area contributed by atoms with E-state index in [4.69, 9.17) is 0 Å². The van der Waals surface area contributed by atoms with Crippen molar-refractivity contribution in [2.75, 3.05) is 6.54 Å². The molecule has 0 saturated heterocycles. The van der Waals surface area contributed by atoms with Gasteiger partial charge in [0.05, 0.1) is 12.5 Å². The Morgan fingerprint density at radius 1 is 1.14 bits per heavy atom. The van der Waals surface area contributed by atoms with E-state index in [1.165, 1.54) is 0 Å². The van der Waals surface area contributed by atoms with E-state index in [0.29, 0.717) is 0 Å². The second kappa shape index (κ2) is 5.66. The predicted molar refractivity (Wildman–Crippen MR) is 76.4 cm³/mol. The third kappa shape index (κ3) is 3.36. The molecule has 4 atom stereocenters. The molecular formula is C15H24N2O4. The molecule has 0 aliphatic heterocycles. The molecule has 0 radical (unpaired) electrons. The maximum atomic E-state index is 12.0. The number of fused-ring (bicyclic) bond motifs is 2. The van der Waals surface area contributed by atoms with E-state index in [-0.39, 0.29) is 36.2 Å². The highest BCUT2D eigenvalue weighted by atomic mass is 16.4. The number of carbonyl (C=O) groups is 3. The van der Waals surface area contributed by atoms with E-state index in [2.05, 4.69) is 10.6 Å². The number of carboxylic acid groups (broad SMARTS) is 1. The summed E-state index contributed by atoms with van der Waals surface area (Å²) in [6.07, 6.45) is 2.80. The lowest BCUT2D eigenvalue weighted by molar-refractivity contribution is -0.145. The number of carboxylic acids is 1. The van der Waals surface area contributed by atoms with Gasteiger partial charge in [-0.3, -0.25) is 14.4 Å². The van der Waals surface area contributed by atoms with Crippen LogP contribution in [0.5, 0.6) is 0 Å². The normalized spacial score (nSPS) is 31.0. The highest BCUT2D eigenvalue weighted by Crippen LogP contribution is 2.48. The molecule has 2 amide bonds. The van der Waals surface area contributed by atoms with Crippen LogP contribution in [0.25, 0.3) is 0 Å². The standard InChI is InChI=1S/C15H24N2O4/c1-15(2,3)14(21)16-7-10(18)17-12-9-5-4-8(6-9)11(12)13(19)20/h8-9,11-12H,4-7H2,1-3H3,(H,16,21)(H,17,18)(H,19,20). The molecule has 2 aliphatic rings. The van der Waals surface area contributed by atoms with Gasteiger partial charge in [-0.05, 0) is 31.1 Å². The summed E-state index contributed by atoms with van der Waals surface area (Å²) in [4.78, 5) is 35.0. The molecular weight excluding hydrogens is 272 g/mol. The Kier molecular flexibility index (Phi) is 4.25. The lowest BCUT2D eigenvalue weighted by atomic mass is 9.84. The molecule has 21 heavy (non-hydrogen) atoms. The minimum Gasteiger partial charge on any atom is -0.481 e. The van der Waals surface area contributed by atoms with Crippen LogP contribution < -0.4 is 10.6 Å². The van der Waals surface area contributed by atoms with Crippen LogP contribution in [0.2, 0.25) is 0 Å². The molecule has 6 heteroatoms.